The highest BCUT2D eigenvalue weighted by atomic mass is 19.2. The van der Waals surface area contributed by atoms with Crippen LogP contribution in [0.1, 0.15) is 47.0 Å². The number of nitrogens with one attached hydrogen (secondary N) is 1. The smallest absolute Gasteiger partial charge is 0.229 e. The number of rotatable bonds is 4. The van der Waals surface area contributed by atoms with Crippen LogP contribution in [-0.2, 0) is 10.3 Å². The summed E-state index contributed by atoms with van der Waals surface area (Å²) in [6.45, 7) is 7.09. The number of carbonyl (C=O) groups is 1. The van der Waals surface area contributed by atoms with Crippen molar-refractivity contribution in [3.63, 3.8) is 0 Å². The number of aliphatic hydroxyl groups is 1. The third kappa shape index (κ3) is 3.38. The minimum Gasteiger partial charge on any atom is -0.389 e. The van der Waals surface area contributed by atoms with E-state index in [1.807, 2.05) is 20.8 Å². The molecule has 1 aromatic heterocycles. The standard InChI is InChI=1S/C18H23F2N3O2/c1-17(2,3)23-15-12(8-7-11(19)14(15)20)21-16(23)22-13(24)9-18(4,25)10-5-6-10/h7-8,10,25H,5-6,9H2,1-4H3,(H,21,22,24)/t18-/m1/s1. The molecule has 1 aromatic carbocycles. The Morgan fingerprint density at radius 2 is 1.96 bits per heavy atom. The number of hydrogen-bond donors (Lipinski definition) is 2. The molecule has 0 aliphatic heterocycles. The van der Waals surface area contributed by atoms with Crippen molar-refractivity contribution in [3.8, 4) is 0 Å². The van der Waals surface area contributed by atoms with Crippen molar-refractivity contribution in [2.24, 2.45) is 5.92 Å². The van der Waals surface area contributed by atoms with Gasteiger partial charge in [0.05, 0.1) is 17.5 Å². The summed E-state index contributed by atoms with van der Waals surface area (Å²) >= 11 is 0. The van der Waals surface area contributed by atoms with E-state index >= 15 is 0 Å². The molecule has 0 spiro atoms. The fourth-order valence-corrected chi connectivity index (χ4v) is 3.18. The Kier molecular flexibility index (Phi) is 4.10. The van der Waals surface area contributed by atoms with E-state index in [9.17, 15) is 18.7 Å². The van der Waals surface area contributed by atoms with Gasteiger partial charge in [0.2, 0.25) is 11.9 Å². The first kappa shape index (κ1) is 17.8. The average molecular weight is 351 g/mol. The lowest BCUT2D eigenvalue weighted by atomic mass is 9.96. The highest BCUT2D eigenvalue weighted by molar-refractivity contribution is 5.92. The summed E-state index contributed by atoms with van der Waals surface area (Å²) in [5.74, 6) is -2.09. The summed E-state index contributed by atoms with van der Waals surface area (Å²) < 4.78 is 29.5. The van der Waals surface area contributed by atoms with Gasteiger partial charge in [-0.2, -0.15) is 0 Å². The van der Waals surface area contributed by atoms with E-state index in [-0.39, 0.29) is 29.3 Å². The molecule has 2 N–H and O–H groups in total. The van der Waals surface area contributed by atoms with Crippen LogP contribution >= 0.6 is 0 Å². The van der Waals surface area contributed by atoms with Gasteiger partial charge < -0.3 is 9.67 Å². The van der Waals surface area contributed by atoms with Crippen LogP contribution < -0.4 is 5.32 Å². The van der Waals surface area contributed by atoms with E-state index in [1.165, 1.54) is 10.6 Å². The van der Waals surface area contributed by atoms with Gasteiger partial charge >= 0.3 is 0 Å². The fraction of sp³-hybridized carbons (Fsp3) is 0.556. The monoisotopic (exact) mass is 351 g/mol. The molecule has 1 heterocycles. The molecule has 1 saturated carbocycles. The molecule has 0 saturated heterocycles. The zero-order valence-electron chi connectivity index (χ0n) is 14.9. The van der Waals surface area contributed by atoms with Gasteiger partial charge in [-0.1, -0.05) is 0 Å². The number of hydrogen-bond acceptors (Lipinski definition) is 3. The van der Waals surface area contributed by atoms with Crippen LogP contribution in [-0.4, -0.2) is 26.2 Å². The molecule has 3 rings (SSSR count). The zero-order chi connectivity index (χ0) is 18.6. The topological polar surface area (TPSA) is 67.2 Å². The molecule has 5 nitrogen and oxygen atoms in total. The summed E-state index contributed by atoms with van der Waals surface area (Å²) in [6, 6.07) is 2.40. The Morgan fingerprint density at radius 3 is 2.52 bits per heavy atom. The Hall–Kier alpha value is -2.02. The van der Waals surface area contributed by atoms with Gasteiger partial charge in [0, 0.05) is 5.54 Å². The molecule has 0 bridgehead atoms. The summed E-state index contributed by atoms with van der Waals surface area (Å²) in [7, 11) is 0. The van der Waals surface area contributed by atoms with Crippen LogP contribution in [0.5, 0.6) is 0 Å². The molecule has 1 amide bonds. The number of halogens is 2. The molecular formula is C18H23F2N3O2. The van der Waals surface area contributed by atoms with Crippen LogP contribution in [0, 0.1) is 17.6 Å². The molecule has 25 heavy (non-hydrogen) atoms. The Labute approximate surface area is 145 Å². The summed E-state index contributed by atoms with van der Waals surface area (Å²) in [5, 5.41) is 13.0. The average Bonchev–Trinajstić information content (AvgIpc) is 3.24. The maximum atomic E-state index is 14.3. The first-order valence-corrected chi connectivity index (χ1v) is 8.40. The second-order valence-corrected chi connectivity index (χ2v) is 8.03. The maximum absolute atomic E-state index is 14.3. The second kappa shape index (κ2) is 5.76. The molecule has 7 heteroatoms. The second-order valence-electron chi connectivity index (χ2n) is 8.03. The first-order valence-electron chi connectivity index (χ1n) is 8.40. The maximum Gasteiger partial charge on any atom is 0.229 e. The van der Waals surface area contributed by atoms with Gasteiger partial charge in [-0.25, -0.2) is 13.8 Å². The van der Waals surface area contributed by atoms with E-state index in [0.29, 0.717) is 0 Å². The van der Waals surface area contributed by atoms with Crippen LogP contribution in [0.4, 0.5) is 14.7 Å². The minimum absolute atomic E-state index is 0.0109. The van der Waals surface area contributed by atoms with Gasteiger partial charge in [-0.15, -0.1) is 0 Å². The van der Waals surface area contributed by atoms with Crippen LogP contribution in [0.2, 0.25) is 0 Å². The molecule has 1 atom stereocenters. The van der Waals surface area contributed by atoms with E-state index < -0.39 is 28.7 Å². The van der Waals surface area contributed by atoms with Crippen molar-refractivity contribution < 1.29 is 18.7 Å². The number of carbonyl (C=O) groups excluding carboxylic acids is 1. The molecule has 0 radical (unpaired) electrons. The number of nitrogens with zero attached hydrogens (tertiary/aromatic N) is 2. The van der Waals surface area contributed by atoms with Crippen LogP contribution in [0.25, 0.3) is 11.0 Å². The van der Waals surface area contributed by atoms with Gasteiger partial charge in [-0.3, -0.25) is 10.1 Å². The quantitative estimate of drug-likeness (QED) is 0.885. The molecule has 2 aromatic rings. The lowest BCUT2D eigenvalue weighted by Gasteiger charge is -2.26. The van der Waals surface area contributed by atoms with Crippen LogP contribution in [0.3, 0.4) is 0 Å². The minimum atomic E-state index is -1.07. The fourth-order valence-electron chi connectivity index (χ4n) is 3.18. The normalized spacial score (nSPS) is 17.6. The first-order chi connectivity index (χ1) is 11.5. The van der Waals surface area contributed by atoms with E-state index in [1.54, 1.807) is 6.92 Å². The van der Waals surface area contributed by atoms with Gasteiger partial charge in [0.15, 0.2) is 11.6 Å². The summed E-state index contributed by atoms with van der Waals surface area (Å²) in [4.78, 5) is 16.6. The van der Waals surface area contributed by atoms with Crippen LogP contribution in [0.15, 0.2) is 12.1 Å². The highest BCUT2D eigenvalue weighted by Gasteiger charge is 2.41. The Bertz CT molecular complexity index is 833. The number of aromatic nitrogens is 2. The Balaban J connectivity index is 1.98. The zero-order valence-corrected chi connectivity index (χ0v) is 14.9. The van der Waals surface area contributed by atoms with Crippen molar-refractivity contribution >= 4 is 22.9 Å². The van der Waals surface area contributed by atoms with Crippen molar-refractivity contribution in [1.82, 2.24) is 9.55 Å². The van der Waals surface area contributed by atoms with Gasteiger partial charge in [0.25, 0.3) is 0 Å². The molecular weight excluding hydrogens is 328 g/mol. The summed E-state index contributed by atoms with van der Waals surface area (Å²) in [5.41, 5.74) is -1.43. The van der Waals surface area contributed by atoms with E-state index in [4.69, 9.17) is 0 Å². The lowest BCUT2D eigenvalue weighted by Crippen LogP contribution is -2.34. The predicted molar refractivity (Wildman–Crippen MR) is 91.2 cm³/mol. The number of anilines is 1. The highest BCUT2D eigenvalue weighted by Crippen LogP contribution is 2.41. The van der Waals surface area contributed by atoms with Gasteiger partial charge in [0.1, 0.15) is 5.52 Å². The van der Waals surface area contributed by atoms with E-state index in [2.05, 4.69) is 10.3 Å². The van der Waals surface area contributed by atoms with Crippen molar-refractivity contribution in [1.29, 1.82) is 0 Å². The molecule has 0 unspecified atom stereocenters. The SMILES string of the molecule is CC(C)(C)n1c(NC(=O)C[C@@](C)(O)C2CC2)nc2ccc(F)c(F)c21. The lowest BCUT2D eigenvalue weighted by molar-refractivity contribution is -0.121. The van der Waals surface area contributed by atoms with Crippen molar-refractivity contribution in [2.45, 2.75) is 58.1 Å². The largest absolute Gasteiger partial charge is 0.389 e. The number of amides is 1. The third-order valence-corrected chi connectivity index (χ3v) is 4.61. The molecule has 1 aliphatic carbocycles. The van der Waals surface area contributed by atoms with Gasteiger partial charge in [-0.05, 0) is 58.6 Å². The molecule has 1 aliphatic rings. The number of imidazole rings is 1. The summed E-state index contributed by atoms with van der Waals surface area (Å²) in [6.07, 6.45) is 1.75. The van der Waals surface area contributed by atoms with Crippen molar-refractivity contribution in [3.05, 3.63) is 23.8 Å². The Morgan fingerprint density at radius 1 is 1.32 bits per heavy atom. The van der Waals surface area contributed by atoms with Crippen molar-refractivity contribution in [2.75, 3.05) is 5.32 Å². The number of fused-ring (bicyclic) bond motifs is 1. The molecule has 1 fully saturated rings. The predicted octanol–water partition coefficient (Wildman–Crippen LogP) is 3.56. The van der Waals surface area contributed by atoms with E-state index in [0.717, 1.165) is 18.9 Å². The third-order valence-electron chi connectivity index (χ3n) is 4.61. The number of benzene rings is 1. The molecule has 136 valence electrons.